The first-order chi connectivity index (χ1) is 9.55. The first-order valence-corrected chi connectivity index (χ1v) is 7.87. The summed E-state index contributed by atoms with van der Waals surface area (Å²) in [6, 6.07) is 2.64. The molecule has 1 aromatic carbocycles. The van der Waals surface area contributed by atoms with Crippen LogP contribution in [0.1, 0.15) is 33.3 Å². The van der Waals surface area contributed by atoms with Gasteiger partial charge in [-0.05, 0) is 68.5 Å². The van der Waals surface area contributed by atoms with Crippen LogP contribution in [-0.4, -0.2) is 18.3 Å². The molecule has 0 unspecified atom stereocenters. The lowest BCUT2D eigenvalue weighted by Crippen LogP contribution is -2.41. The van der Waals surface area contributed by atoms with Gasteiger partial charge in [0.2, 0.25) is 0 Å². The summed E-state index contributed by atoms with van der Waals surface area (Å²) in [7, 11) is -1.15. The lowest BCUT2D eigenvalue weighted by molar-refractivity contribution is 0.00578. The van der Waals surface area contributed by atoms with Crippen molar-refractivity contribution in [3.05, 3.63) is 37.8 Å². The molecule has 114 valence electrons. The number of hydrogen-bond donors (Lipinski definition) is 0. The van der Waals surface area contributed by atoms with Crippen molar-refractivity contribution in [3.8, 4) is 0 Å². The van der Waals surface area contributed by atoms with E-state index in [0.717, 1.165) is 6.08 Å². The summed E-state index contributed by atoms with van der Waals surface area (Å²) in [5.74, 6) is -0.546. The molecule has 0 aromatic heterocycles. The van der Waals surface area contributed by atoms with Crippen LogP contribution >= 0.6 is 34.2 Å². The van der Waals surface area contributed by atoms with Crippen LogP contribution in [0.2, 0.25) is 5.02 Å². The first-order valence-electron chi connectivity index (χ1n) is 6.41. The second-order valence-corrected chi connectivity index (χ2v) is 7.36. The minimum atomic E-state index is -1.15. The van der Waals surface area contributed by atoms with E-state index in [2.05, 4.69) is 0 Å². The topological polar surface area (TPSA) is 18.5 Å². The summed E-state index contributed by atoms with van der Waals surface area (Å²) in [5.41, 5.74) is -1.89. The molecule has 1 aromatic rings. The van der Waals surface area contributed by atoms with Crippen molar-refractivity contribution in [1.82, 2.24) is 0 Å². The number of halogens is 4. The fourth-order valence-electron chi connectivity index (χ4n) is 1.84. The Bertz CT molecular complexity index is 589. The monoisotopic (exact) mass is 426 g/mol. The molecule has 1 aliphatic rings. The van der Waals surface area contributed by atoms with Gasteiger partial charge in [-0.3, -0.25) is 0 Å². The average molecular weight is 426 g/mol. The highest BCUT2D eigenvalue weighted by Gasteiger charge is 2.53. The van der Waals surface area contributed by atoms with Gasteiger partial charge in [0.15, 0.2) is 0 Å². The summed E-state index contributed by atoms with van der Waals surface area (Å²) in [6.07, 6.45) is 1.07. The van der Waals surface area contributed by atoms with Gasteiger partial charge in [0.25, 0.3) is 0 Å². The van der Waals surface area contributed by atoms with Crippen LogP contribution in [0.4, 0.5) is 8.78 Å². The van der Waals surface area contributed by atoms with Crippen LogP contribution in [0.25, 0.3) is 6.08 Å². The number of benzene rings is 1. The van der Waals surface area contributed by atoms with Crippen LogP contribution in [0.15, 0.2) is 17.9 Å². The summed E-state index contributed by atoms with van der Waals surface area (Å²) in [5, 5.41) is 0.366. The van der Waals surface area contributed by atoms with Crippen molar-refractivity contribution in [3.63, 3.8) is 0 Å². The highest BCUT2D eigenvalue weighted by atomic mass is 127. The molecule has 1 fully saturated rings. The molecule has 21 heavy (non-hydrogen) atoms. The maximum atomic E-state index is 14.4. The Morgan fingerprint density at radius 3 is 2.29 bits per heavy atom. The predicted molar refractivity (Wildman–Crippen MR) is 89.3 cm³/mol. The Morgan fingerprint density at radius 1 is 1.24 bits per heavy atom. The second kappa shape index (κ2) is 5.79. The van der Waals surface area contributed by atoms with Gasteiger partial charge in [-0.1, -0.05) is 11.6 Å². The van der Waals surface area contributed by atoms with E-state index in [-0.39, 0.29) is 5.56 Å². The SMILES string of the molecule is CC1(C)OB(C(F)=Cc2c(F)ccc(Cl)c2I)OC1(C)C. The Labute approximate surface area is 142 Å². The largest absolute Gasteiger partial charge is 0.525 e. The van der Waals surface area contributed by atoms with Crippen LogP contribution in [0.3, 0.4) is 0 Å². The lowest BCUT2D eigenvalue weighted by Gasteiger charge is -2.32. The molecule has 0 bridgehead atoms. The smallest absolute Gasteiger partial charge is 0.398 e. The van der Waals surface area contributed by atoms with Crippen molar-refractivity contribution >= 4 is 47.4 Å². The van der Waals surface area contributed by atoms with Crippen LogP contribution < -0.4 is 0 Å². The van der Waals surface area contributed by atoms with Crippen LogP contribution in [0.5, 0.6) is 0 Å². The third-order valence-corrected chi connectivity index (χ3v) is 5.64. The van der Waals surface area contributed by atoms with E-state index >= 15 is 0 Å². The molecule has 1 heterocycles. The number of rotatable bonds is 2. The molecular formula is C14H15BClF2IO2. The second-order valence-electron chi connectivity index (χ2n) is 5.87. The molecule has 7 heteroatoms. The maximum Gasteiger partial charge on any atom is 0.525 e. The zero-order chi connectivity index (χ0) is 16.0. The molecule has 2 rings (SSSR count). The Hall–Kier alpha value is -0.175. The molecule has 0 spiro atoms. The van der Waals surface area contributed by atoms with E-state index in [1.54, 1.807) is 0 Å². The molecule has 0 amide bonds. The molecule has 0 aliphatic carbocycles. The quantitative estimate of drug-likeness (QED) is 0.375. The van der Waals surface area contributed by atoms with Gasteiger partial charge in [-0.15, -0.1) is 0 Å². The van der Waals surface area contributed by atoms with E-state index in [4.69, 9.17) is 20.9 Å². The molecule has 0 N–H and O–H groups in total. The van der Waals surface area contributed by atoms with Crippen molar-refractivity contribution in [2.24, 2.45) is 0 Å². The highest BCUT2D eigenvalue weighted by Crippen LogP contribution is 2.39. The van der Waals surface area contributed by atoms with E-state index in [1.807, 2.05) is 50.3 Å². The van der Waals surface area contributed by atoms with Gasteiger partial charge < -0.3 is 9.31 Å². The minimum Gasteiger partial charge on any atom is -0.398 e. The standard InChI is InChI=1S/C14H15BClF2IO2/c1-13(2)14(3,4)21-15(20-13)11(18)7-8-10(17)6-5-9(16)12(8)19/h5-7H,1-4H3. The van der Waals surface area contributed by atoms with Gasteiger partial charge in [-0.2, -0.15) is 0 Å². The van der Waals surface area contributed by atoms with Gasteiger partial charge >= 0.3 is 7.12 Å². The van der Waals surface area contributed by atoms with Crippen molar-refractivity contribution in [2.75, 3.05) is 0 Å². The van der Waals surface area contributed by atoms with Gasteiger partial charge in [-0.25, -0.2) is 8.78 Å². The summed E-state index contributed by atoms with van der Waals surface area (Å²) >= 11 is 7.81. The van der Waals surface area contributed by atoms with Crippen LogP contribution in [0, 0.1) is 9.39 Å². The van der Waals surface area contributed by atoms with Crippen LogP contribution in [-0.2, 0) is 9.31 Å². The van der Waals surface area contributed by atoms with E-state index in [1.165, 1.54) is 12.1 Å². The minimum absolute atomic E-state index is 0.0929. The Kier molecular flexibility index (Phi) is 4.74. The van der Waals surface area contributed by atoms with E-state index < -0.39 is 29.9 Å². The third kappa shape index (κ3) is 3.28. The molecule has 0 saturated carbocycles. The fraction of sp³-hybridized carbons (Fsp3) is 0.429. The average Bonchev–Trinajstić information content (AvgIpc) is 2.59. The first kappa shape index (κ1) is 17.2. The number of hydrogen-bond acceptors (Lipinski definition) is 2. The highest BCUT2D eigenvalue weighted by molar-refractivity contribution is 14.1. The lowest BCUT2D eigenvalue weighted by atomic mass is 9.87. The van der Waals surface area contributed by atoms with E-state index in [0.29, 0.717) is 8.59 Å². The van der Waals surface area contributed by atoms with Crippen molar-refractivity contribution < 1.29 is 18.1 Å². The fourth-order valence-corrected chi connectivity index (χ4v) is 2.59. The summed E-state index contributed by atoms with van der Waals surface area (Å²) in [4.78, 5) is 0. The molecule has 1 aliphatic heterocycles. The zero-order valence-corrected chi connectivity index (χ0v) is 15.1. The predicted octanol–water partition coefficient (Wildman–Crippen LogP) is 5.03. The Balaban J connectivity index is 2.34. The summed E-state index contributed by atoms with van der Waals surface area (Å²) < 4.78 is 39.8. The van der Waals surface area contributed by atoms with Gasteiger partial charge in [0, 0.05) is 9.13 Å². The third-order valence-electron chi connectivity index (χ3n) is 3.84. The molecular weight excluding hydrogens is 411 g/mol. The zero-order valence-electron chi connectivity index (χ0n) is 12.1. The van der Waals surface area contributed by atoms with E-state index in [9.17, 15) is 8.78 Å². The van der Waals surface area contributed by atoms with Gasteiger partial charge in [0.1, 0.15) is 11.5 Å². The molecule has 0 atom stereocenters. The van der Waals surface area contributed by atoms with Gasteiger partial charge in [0.05, 0.1) is 16.2 Å². The van der Waals surface area contributed by atoms with Crippen molar-refractivity contribution in [1.29, 1.82) is 0 Å². The molecule has 1 saturated heterocycles. The summed E-state index contributed by atoms with van der Waals surface area (Å²) in [6.45, 7) is 7.29. The molecule has 2 nitrogen and oxygen atoms in total. The van der Waals surface area contributed by atoms with Crippen molar-refractivity contribution in [2.45, 2.75) is 38.9 Å². The Morgan fingerprint density at radius 2 is 1.76 bits per heavy atom. The molecule has 0 radical (unpaired) electrons. The maximum absolute atomic E-state index is 14.4. The normalized spacial score (nSPS) is 21.0.